The van der Waals surface area contributed by atoms with Gasteiger partial charge in [-0.1, -0.05) is 54.1 Å². The summed E-state index contributed by atoms with van der Waals surface area (Å²) in [6, 6.07) is 13.5. The lowest BCUT2D eigenvalue weighted by molar-refractivity contribution is -0.140. The van der Waals surface area contributed by atoms with Gasteiger partial charge in [0.15, 0.2) is 0 Å². The quantitative estimate of drug-likeness (QED) is 0.553. The first kappa shape index (κ1) is 22.2. The smallest absolute Gasteiger partial charge is 0.417 e. The molecule has 4 rings (SSSR count). The Morgan fingerprint density at radius 1 is 1.03 bits per heavy atom. The minimum atomic E-state index is -5.02. The maximum Gasteiger partial charge on any atom is 0.417 e. The van der Waals surface area contributed by atoms with Crippen LogP contribution in [-0.2, 0) is 27.4 Å². The van der Waals surface area contributed by atoms with Crippen LogP contribution in [0.1, 0.15) is 11.1 Å². The molecule has 3 aromatic carbocycles. The Labute approximate surface area is 186 Å². The summed E-state index contributed by atoms with van der Waals surface area (Å²) in [6.07, 6.45) is -5.17. The Morgan fingerprint density at radius 3 is 2.34 bits per heavy atom. The molecule has 1 heterocycles. The summed E-state index contributed by atoms with van der Waals surface area (Å²) in [7, 11) is -4.87. The Bertz CT molecular complexity index is 1320. The number of anilines is 1. The summed E-state index contributed by atoms with van der Waals surface area (Å²) in [5.41, 5.74) is -0.548. The average molecular weight is 482 g/mol. The molecule has 1 aliphatic rings. The summed E-state index contributed by atoms with van der Waals surface area (Å²) in [4.78, 5) is 10.7. The van der Waals surface area contributed by atoms with Crippen LogP contribution in [-0.4, -0.2) is 25.5 Å². The Morgan fingerprint density at radius 2 is 1.69 bits per heavy atom. The molecule has 1 N–H and O–H groups in total. The van der Waals surface area contributed by atoms with Gasteiger partial charge >= 0.3 is 12.1 Å². The van der Waals surface area contributed by atoms with Gasteiger partial charge in [-0.2, -0.15) is 13.2 Å². The molecular weight excluding hydrogens is 467 g/mol. The van der Waals surface area contributed by atoms with E-state index in [-0.39, 0.29) is 22.7 Å². The van der Waals surface area contributed by atoms with Crippen LogP contribution in [0.2, 0.25) is 5.02 Å². The van der Waals surface area contributed by atoms with Crippen LogP contribution in [0.3, 0.4) is 0 Å². The van der Waals surface area contributed by atoms with E-state index in [2.05, 4.69) is 0 Å². The van der Waals surface area contributed by atoms with Crippen molar-refractivity contribution in [3.8, 4) is 11.1 Å². The summed E-state index contributed by atoms with van der Waals surface area (Å²) < 4.78 is 69.4. The van der Waals surface area contributed by atoms with E-state index in [4.69, 9.17) is 11.6 Å². The summed E-state index contributed by atoms with van der Waals surface area (Å²) in [5, 5.41) is 9.78. The Balaban J connectivity index is 1.92. The molecule has 0 bridgehead atoms. The fraction of sp³-hybridized carbons (Fsp3) is 0.136. The summed E-state index contributed by atoms with van der Waals surface area (Å²) in [5.74, 6) is -1.45. The number of carboxylic acid groups (broad SMARTS) is 1. The topological polar surface area (TPSA) is 74.7 Å². The van der Waals surface area contributed by atoms with Crippen LogP contribution >= 0.6 is 11.6 Å². The minimum Gasteiger partial charge on any atom is -0.480 e. The Hall–Kier alpha value is -3.04. The van der Waals surface area contributed by atoms with Crippen LogP contribution in [0.4, 0.5) is 18.9 Å². The molecule has 5 nitrogen and oxygen atoms in total. The molecule has 0 amide bonds. The van der Waals surface area contributed by atoms with Crippen molar-refractivity contribution in [3.63, 3.8) is 0 Å². The van der Waals surface area contributed by atoms with Crippen LogP contribution in [0, 0.1) is 0 Å². The van der Waals surface area contributed by atoms with E-state index in [0.717, 1.165) is 6.07 Å². The van der Waals surface area contributed by atoms with Crippen molar-refractivity contribution in [2.24, 2.45) is 0 Å². The zero-order valence-electron chi connectivity index (χ0n) is 16.2. The highest BCUT2D eigenvalue weighted by atomic mass is 35.5. The molecule has 1 aliphatic heterocycles. The maximum atomic E-state index is 14.0. The average Bonchev–Trinajstić information content (AvgIpc) is 3.14. The van der Waals surface area contributed by atoms with E-state index in [0.29, 0.717) is 21.5 Å². The zero-order chi connectivity index (χ0) is 23.3. The second-order valence-corrected chi connectivity index (χ2v) is 9.37. The van der Waals surface area contributed by atoms with Gasteiger partial charge < -0.3 is 5.11 Å². The second kappa shape index (κ2) is 7.83. The number of fused-ring (bicyclic) bond motifs is 1. The van der Waals surface area contributed by atoms with Gasteiger partial charge in [0.25, 0.3) is 10.0 Å². The first-order valence-corrected chi connectivity index (χ1v) is 11.1. The van der Waals surface area contributed by atoms with Crippen molar-refractivity contribution in [1.82, 2.24) is 0 Å². The van der Waals surface area contributed by atoms with Gasteiger partial charge in [0.1, 0.15) is 6.04 Å². The van der Waals surface area contributed by atoms with E-state index in [9.17, 15) is 31.5 Å². The number of sulfonamides is 1. The number of rotatable bonds is 4. The predicted molar refractivity (Wildman–Crippen MR) is 113 cm³/mol. The number of aliphatic carboxylic acids is 1. The van der Waals surface area contributed by atoms with Crippen molar-refractivity contribution >= 4 is 33.3 Å². The molecule has 10 heteroatoms. The molecule has 32 heavy (non-hydrogen) atoms. The lowest BCUT2D eigenvalue weighted by atomic mass is 10.0. The molecule has 0 fully saturated rings. The van der Waals surface area contributed by atoms with Crippen molar-refractivity contribution in [3.05, 3.63) is 82.9 Å². The lowest BCUT2D eigenvalue weighted by Crippen LogP contribution is -2.43. The maximum absolute atomic E-state index is 14.0. The van der Waals surface area contributed by atoms with Crippen molar-refractivity contribution in [1.29, 1.82) is 0 Å². The van der Waals surface area contributed by atoms with Crippen LogP contribution in [0.25, 0.3) is 11.1 Å². The highest BCUT2D eigenvalue weighted by molar-refractivity contribution is 7.93. The van der Waals surface area contributed by atoms with Gasteiger partial charge in [-0.15, -0.1) is 0 Å². The van der Waals surface area contributed by atoms with Crippen LogP contribution < -0.4 is 4.31 Å². The molecule has 0 radical (unpaired) electrons. The normalized spacial score (nSPS) is 16.1. The van der Waals surface area contributed by atoms with E-state index >= 15 is 0 Å². The SMILES string of the molecule is O=C(O)C1Cc2ccccc2N1S(=O)(=O)c1ccc(-c2ccccc2Cl)cc1C(F)(F)F. The van der Waals surface area contributed by atoms with Gasteiger partial charge in [0.05, 0.1) is 16.1 Å². The third kappa shape index (κ3) is 3.71. The largest absolute Gasteiger partial charge is 0.480 e. The monoisotopic (exact) mass is 481 g/mol. The molecule has 3 aromatic rings. The molecular formula is C22H15ClF3NO4S. The summed E-state index contributed by atoms with van der Waals surface area (Å²) >= 11 is 6.10. The number of alkyl halides is 3. The number of carboxylic acids is 1. The number of carbonyl (C=O) groups is 1. The van der Waals surface area contributed by atoms with E-state index in [1.165, 1.54) is 30.3 Å². The van der Waals surface area contributed by atoms with Crippen molar-refractivity contribution < 1.29 is 31.5 Å². The number of hydrogen-bond donors (Lipinski definition) is 1. The summed E-state index contributed by atoms with van der Waals surface area (Å²) in [6.45, 7) is 0. The predicted octanol–water partition coefficient (Wildman–Crippen LogP) is 5.23. The highest BCUT2D eigenvalue weighted by Gasteiger charge is 2.46. The van der Waals surface area contributed by atoms with Crippen LogP contribution in [0.15, 0.2) is 71.6 Å². The number of hydrogen-bond acceptors (Lipinski definition) is 3. The van der Waals surface area contributed by atoms with Gasteiger partial charge in [-0.05, 0) is 35.4 Å². The van der Waals surface area contributed by atoms with Crippen LogP contribution in [0.5, 0.6) is 0 Å². The molecule has 0 spiro atoms. The van der Waals surface area contributed by atoms with Crippen molar-refractivity contribution in [2.75, 3.05) is 4.31 Å². The van der Waals surface area contributed by atoms with Gasteiger partial charge in [-0.25, -0.2) is 13.2 Å². The van der Waals surface area contributed by atoms with E-state index < -0.39 is 38.7 Å². The molecule has 0 aromatic heterocycles. The molecule has 0 aliphatic carbocycles. The Kier molecular flexibility index (Phi) is 5.42. The zero-order valence-corrected chi connectivity index (χ0v) is 17.7. The number of nitrogens with zero attached hydrogens (tertiary/aromatic N) is 1. The first-order chi connectivity index (χ1) is 15.0. The lowest BCUT2D eigenvalue weighted by Gasteiger charge is -2.26. The van der Waals surface area contributed by atoms with Gasteiger partial charge in [0, 0.05) is 17.0 Å². The number of benzene rings is 3. The fourth-order valence-electron chi connectivity index (χ4n) is 3.79. The molecule has 0 saturated carbocycles. The fourth-order valence-corrected chi connectivity index (χ4v) is 5.87. The minimum absolute atomic E-state index is 0.0446. The third-order valence-electron chi connectivity index (χ3n) is 5.22. The second-order valence-electron chi connectivity index (χ2n) is 7.18. The first-order valence-electron chi connectivity index (χ1n) is 9.33. The molecule has 166 valence electrons. The van der Waals surface area contributed by atoms with Crippen molar-refractivity contribution in [2.45, 2.75) is 23.5 Å². The number of halogens is 4. The number of para-hydroxylation sites is 1. The van der Waals surface area contributed by atoms with Gasteiger partial charge in [0.2, 0.25) is 0 Å². The molecule has 0 saturated heterocycles. The third-order valence-corrected chi connectivity index (χ3v) is 7.43. The molecule has 1 atom stereocenters. The highest BCUT2D eigenvalue weighted by Crippen LogP contribution is 2.42. The van der Waals surface area contributed by atoms with Gasteiger partial charge in [-0.3, -0.25) is 4.31 Å². The van der Waals surface area contributed by atoms with E-state index in [1.807, 2.05) is 0 Å². The standard InChI is InChI=1S/C22H15ClF3NO4S/c23-17-7-3-2-6-15(17)13-9-10-20(16(11-13)22(24,25)26)32(30,31)27-18-8-4-1-5-14(18)12-19(27)21(28)29/h1-11,19H,12H2,(H,28,29). The van der Waals surface area contributed by atoms with E-state index in [1.54, 1.807) is 24.3 Å². The molecule has 1 unspecified atom stereocenters.